The maximum absolute atomic E-state index is 11.3. The normalized spacial score (nSPS) is 17.7. The molecular formula is C39H39N5O5. The van der Waals surface area contributed by atoms with Gasteiger partial charge in [-0.15, -0.1) is 0 Å². The van der Waals surface area contributed by atoms with E-state index in [1.54, 1.807) is 14.2 Å². The average Bonchev–Trinajstić information content (AvgIpc) is 3.76. The molecule has 10 heteroatoms. The molecule has 1 saturated heterocycles. The molecule has 0 radical (unpaired) electrons. The Hall–Kier alpha value is -5.29. The van der Waals surface area contributed by atoms with E-state index in [1.807, 2.05) is 104 Å². The summed E-state index contributed by atoms with van der Waals surface area (Å²) in [4.78, 5) is 19.2. The van der Waals surface area contributed by atoms with Crippen LogP contribution in [0.2, 0.25) is 0 Å². The first-order chi connectivity index (χ1) is 24.0. The van der Waals surface area contributed by atoms with Gasteiger partial charge in [0.25, 0.3) is 0 Å². The van der Waals surface area contributed by atoms with Crippen LogP contribution >= 0.6 is 0 Å². The van der Waals surface area contributed by atoms with E-state index in [9.17, 15) is 5.11 Å². The van der Waals surface area contributed by atoms with E-state index in [4.69, 9.17) is 23.9 Å². The van der Waals surface area contributed by atoms with Crippen LogP contribution in [0.25, 0.3) is 11.2 Å². The molecule has 6 aromatic rings. The Kier molecular flexibility index (Phi) is 9.26. The van der Waals surface area contributed by atoms with Gasteiger partial charge in [0.1, 0.15) is 47.0 Å². The second kappa shape index (κ2) is 14.1. The van der Waals surface area contributed by atoms with Gasteiger partial charge in [-0.1, -0.05) is 84.9 Å². The predicted octanol–water partition coefficient (Wildman–Crippen LogP) is 6.21. The molecule has 4 aromatic carbocycles. The first kappa shape index (κ1) is 32.3. The molecule has 10 nitrogen and oxygen atoms in total. The molecule has 1 aliphatic heterocycles. The van der Waals surface area contributed by atoms with Crippen LogP contribution in [0.1, 0.15) is 40.6 Å². The topological polar surface area (TPSA) is 115 Å². The van der Waals surface area contributed by atoms with Crippen LogP contribution in [0.3, 0.4) is 0 Å². The number of aromatic amines is 1. The van der Waals surface area contributed by atoms with Crippen LogP contribution in [0.5, 0.6) is 11.5 Å². The third-order valence-corrected chi connectivity index (χ3v) is 9.08. The maximum atomic E-state index is 11.3. The van der Waals surface area contributed by atoms with Gasteiger partial charge >= 0.3 is 0 Å². The molecule has 0 aliphatic carbocycles. The van der Waals surface area contributed by atoms with E-state index in [0.29, 0.717) is 24.4 Å². The highest BCUT2D eigenvalue weighted by atomic mass is 16.6. The zero-order valence-corrected chi connectivity index (χ0v) is 27.7. The Balaban J connectivity index is 1.17. The third-order valence-electron chi connectivity index (χ3n) is 9.08. The summed E-state index contributed by atoms with van der Waals surface area (Å²) >= 11 is 0. The lowest BCUT2D eigenvalue weighted by Crippen LogP contribution is -2.38. The van der Waals surface area contributed by atoms with Crippen molar-refractivity contribution in [2.75, 3.05) is 32.8 Å². The second-order valence-corrected chi connectivity index (χ2v) is 12.1. The number of aromatic nitrogens is 4. The van der Waals surface area contributed by atoms with Crippen molar-refractivity contribution in [2.24, 2.45) is 0 Å². The highest BCUT2D eigenvalue weighted by Gasteiger charge is 2.42. The molecule has 2 aromatic heterocycles. The number of imidazole rings is 1. The lowest BCUT2D eigenvalue weighted by atomic mass is 9.80. The molecule has 3 heterocycles. The van der Waals surface area contributed by atoms with Crippen LogP contribution in [0, 0.1) is 0 Å². The molecule has 1 fully saturated rings. The van der Waals surface area contributed by atoms with E-state index in [1.165, 1.54) is 6.33 Å². The number of rotatable bonds is 12. The minimum atomic E-state index is -1.03. The second-order valence-electron chi connectivity index (χ2n) is 12.1. The summed E-state index contributed by atoms with van der Waals surface area (Å²) in [5.41, 5.74) is 4.12. The van der Waals surface area contributed by atoms with E-state index < -0.39 is 23.9 Å². The van der Waals surface area contributed by atoms with Crippen molar-refractivity contribution in [1.82, 2.24) is 19.9 Å². The van der Waals surface area contributed by atoms with E-state index in [-0.39, 0.29) is 6.61 Å². The van der Waals surface area contributed by atoms with Crippen molar-refractivity contribution in [2.45, 2.75) is 36.9 Å². The number of aliphatic hydroxyl groups is 1. The fraction of sp³-hybridized carbons (Fsp3) is 0.256. The van der Waals surface area contributed by atoms with Gasteiger partial charge in [-0.05, 0) is 46.5 Å². The van der Waals surface area contributed by atoms with Crippen LogP contribution in [0.15, 0.2) is 116 Å². The summed E-state index contributed by atoms with van der Waals surface area (Å²) in [5, 5.41) is 11.3. The SMILES string of the molecule is COc1ccc(C(OC[C@H]2O[C@@H](c3nc4ncnc(N(C)Cc5ccccc5)c4[nH]3)C[C@@H]2O)(c2ccccc2)c2ccc(OC)cc2)cc1. The molecule has 0 saturated carbocycles. The van der Waals surface area contributed by atoms with Crippen LogP contribution in [0.4, 0.5) is 5.82 Å². The number of hydrogen-bond donors (Lipinski definition) is 2. The number of H-pyrrole nitrogens is 1. The summed E-state index contributed by atoms with van der Waals surface area (Å²) in [6.07, 6.45) is -0.0291. The van der Waals surface area contributed by atoms with E-state index in [2.05, 4.69) is 32.0 Å². The summed E-state index contributed by atoms with van der Waals surface area (Å²) in [6.45, 7) is 0.778. The molecule has 0 unspecified atom stereocenters. The van der Waals surface area contributed by atoms with Gasteiger partial charge in [0, 0.05) is 20.0 Å². The highest BCUT2D eigenvalue weighted by molar-refractivity contribution is 5.83. The highest BCUT2D eigenvalue weighted by Crippen LogP contribution is 2.43. The zero-order valence-electron chi connectivity index (χ0n) is 27.7. The molecular weight excluding hydrogens is 618 g/mol. The predicted molar refractivity (Wildman–Crippen MR) is 187 cm³/mol. The van der Waals surface area contributed by atoms with Crippen molar-refractivity contribution in [3.05, 3.63) is 144 Å². The number of nitrogens with one attached hydrogen (secondary N) is 1. The minimum absolute atomic E-state index is 0.107. The fourth-order valence-electron chi connectivity index (χ4n) is 6.54. The molecule has 2 N–H and O–H groups in total. The molecule has 0 bridgehead atoms. The Morgan fingerprint density at radius 3 is 2.02 bits per heavy atom. The van der Waals surface area contributed by atoms with Crippen LogP contribution < -0.4 is 14.4 Å². The van der Waals surface area contributed by atoms with Crippen molar-refractivity contribution in [1.29, 1.82) is 0 Å². The summed E-state index contributed by atoms with van der Waals surface area (Å²) < 4.78 is 24.4. The van der Waals surface area contributed by atoms with Gasteiger partial charge in [0.05, 0.1) is 26.9 Å². The number of hydrogen-bond acceptors (Lipinski definition) is 9. The smallest absolute Gasteiger partial charge is 0.183 e. The van der Waals surface area contributed by atoms with Crippen molar-refractivity contribution in [3.8, 4) is 11.5 Å². The average molecular weight is 658 g/mol. The monoisotopic (exact) mass is 657 g/mol. The Morgan fingerprint density at radius 1 is 0.816 bits per heavy atom. The largest absolute Gasteiger partial charge is 0.497 e. The summed E-state index contributed by atoms with van der Waals surface area (Å²) in [7, 11) is 5.28. The number of anilines is 1. The van der Waals surface area contributed by atoms with E-state index >= 15 is 0 Å². The van der Waals surface area contributed by atoms with Gasteiger partial charge in [0.2, 0.25) is 0 Å². The molecule has 3 atom stereocenters. The van der Waals surface area contributed by atoms with Gasteiger partial charge < -0.3 is 33.9 Å². The van der Waals surface area contributed by atoms with Crippen molar-refractivity contribution in [3.63, 3.8) is 0 Å². The maximum Gasteiger partial charge on any atom is 0.183 e. The fourth-order valence-corrected chi connectivity index (χ4v) is 6.54. The molecule has 1 aliphatic rings. The standard InChI is InChI=1S/C39H39N5O5/c1-44(23-26-10-6-4-7-11-26)38-35-37(40-25-41-38)43-36(42-35)33-22-32(45)34(49-33)24-48-39(27-12-8-5-9-13-27,28-14-18-30(46-2)19-15-28)29-16-20-31(47-3)21-17-29/h4-21,25,32-34,45H,22-24H2,1-3H3,(H,40,41,42,43)/t32-,33+,34+/m0/s1. The zero-order chi connectivity index (χ0) is 33.8. The quantitative estimate of drug-likeness (QED) is 0.148. The number of methoxy groups -OCH3 is 2. The number of ether oxygens (including phenoxy) is 4. The number of aliphatic hydroxyl groups excluding tert-OH is 1. The number of nitrogens with zero attached hydrogens (tertiary/aromatic N) is 4. The molecule has 0 amide bonds. The summed E-state index contributed by atoms with van der Waals surface area (Å²) in [5.74, 6) is 2.80. The molecule has 0 spiro atoms. The first-order valence-electron chi connectivity index (χ1n) is 16.3. The van der Waals surface area contributed by atoms with Crippen LogP contribution in [-0.2, 0) is 21.6 Å². The van der Waals surface area contributed by atoms with Crippen LogP contribution in [-0.4, -0.2) is 65.1 Å². The lowest BCUT2D eigenvalue weighted by molar-refractivity contribution is -0.0836. The lowest BCUT2D eigenvalue weighted by Gasteiger charge is -2.37. The van der Waals surface area contributed by atoms with Gasteiger partial charge in [-0.3, -0.25) is 0 Å². The van der Waals surface area contributed by atoms with Gasteiger partial charge in [0.15, 0.2) is 11.5 Å². The Morgan fingerprint density at radius 2 is 1.41 bits per heavy atom. The van der Waals surface area contributed by atoms with Crippen molar-refractivity contribution < 1.29 is 24.1 Å². The van der Waals surface area contributed by atoms with Gasteiger partial charge in [-0.2, -0.15) is 0 Å². The summed E-state index contributed by atoms with van der Waals surface area (Å²) in [6, 6.07) is 36.0. The van der Waals surface area contributed by atoms with Gasteiger partial charge in [-0.25, -0.2) is 15.0 Å². The third kappa shape index (κ3) is 6.46. The minimum Gasteiger partial charge on any atom is -0.497 e. The number of benzene rings is 4. The Bertz CT molecular complexity index is 1920. The Labute approximate surface area is 285 Å². The number of fused-ring (bicyclic) bond motifs is 1. The van der Waals surface area contributed by atoms with Crippen molar-refractivity contribution >= 4 is 17.0 Å². The first-order valence-corrected chi connectivity index (χ1v) is 16.3. The van der Waals surface area contributed by atoms with E-state index in [0.717, 1.165) is 45.1 Å². The molecule has 7 rings (SSSR count). The molecule has 250 valence electrons. The molecule has 49 heavy (non-hydrogen) atoms.